The summed E-state index contributed by atoms with van der Waals surface area (Å²) in [5, 5.41) is 6.27. The molecule has 6 rings (SSSR count). The fourth-order valence-electron chi connectivity index (χ4n) is 6.60. The minimum absolute atomic E-state index is 0.0833. The van der Waals surface area contributed by atoms with Gasteiger partial charge in [-0.2, -0.15) is 0 Å². The van der Waals surface area contributed by atoms with Crippen LogP contribution in [0.5, 0.6) is 5.75 Å². The molecule has 0 spiro atoms. The quantitative estimate of drug-likeness (QED) is 0.230. The fourth-order valence-corrected chi connectivity index (χ4v) is 6.60. The summed E-state index contributed by atoms with van der Waals surface area (Å²) in [5.41, 5.74) is 10.2. The van der Waals surface area contributed by atoms with Gasteiger partial charge in [-0.1, -0.05) is 78.9 Å². The maximum absolute atomic E-state index is 14.4. The summed E-state index contributed by atoms with van der Waals surface area (Å²) >= 11 is 0. The minimum atomic E-state index is -0.861. The van der Waals surface area contributed by atoms with Crippen LogP contribution < -0.4 is 15.8 Å². The predicted octanol–water partition coefficient (Wildman–Crippen LogP) is 4.20. The molecule has 0 saturated carbocycles. The largest absolute Gasteiger partial charge is 0.497 e. The second kappa shape index (κ2) is 15.1. The van der Waals surface area contributed by atoms with E-state index in [0.29, 0.717) is 17.9 Å². The molecule has 4 aromatic rings. The van der Waals surface area contributed by atoms with Gasteiger partial charge < -0.3 is 25.6 Å². The Morgan fingerprint density at radius 2 is 1.60 bits per heavy atom. The number of piperazine rings is 1. The summed E-state index contributed by atoms with van der Waals surface area (Å²) in [6.45, 7) is 4.66. The van der Waals surface area contributed by atoms with Crippen LogP contribution in [0.3, 0.4) is 0 Å². The highest BCUT2D eigenvalue weighted by atomic mass is 16.5. The molecule has 50 heavy (non-hydrogen) atoms. The lowest BCUT2D eigenvalue weighted by atomic mass is 9.97. The second-order valence-electron chi connectivity index (χ2n) is 12.3. The third-order valence-corrected chi connectivity index (χ3v) is 9.03. The van der Waals surface area contributed by atoms with E-state index in [1.807, 2.05) is 84.9 Å². The van der Waals surface area contributed by atoms with Crippen molar-refractivity contribution in [3.05, 3.63) is 138 Å². The fraction of sp³-hybridized carbons (Fsp3) is 0.231. The molecule has 0 bridgehead atoms. The highest BCUT2D eigenvalue weighted by Gasteiger charge is 2.51. The zero-order chi connectivity index (χ0) is 35.2. The molecule has 2 saturated heterocycles. The highest BCUT2D eigenvalue weighted by Crippen LogP contribution is 2.30. The molecule has 11 heteroatoms. The zero-order valence-corrected chi connectivity index (χ0v) is 27.9. The van der Waals surface area contributed by atoms with Crippen molar-refractivity contribution in [2.24, 2.45) is 5.73 Å². The molecule has 4 aromatic carbocycles. The Kier molecular flexibility index (Phi) is 10.2. The highest BCUT2D eigenvalue weighted by molar-refractivity contribution is 5.94. The number of carbonyl (C=O) groups excluding carboxylic acids is 4. The third kappa shape index (κ3) is 7.37. The van der Waals surface area contributed by atoms with Crippen molar-refractivity contribution in [2.45, 2.75) is 31.7 Å². The smallest absolute Gasteiger partial charge is 0.334 e. The van der Waals surface area contributed by atoms with E-state index in [9.17, 15) is 19.2 Å². The van der Waals surface area contributed by atoms with E-state index < -0.39 is 18.1 Å². The number of primary amides is 1. The van der Waals surface area contributed by atoms with Gasteiger partial charge in [0.1, 0.15) is 18.0 Å². The number of amides is 5. The molecule has 2 heterocycles. The number of nitrogens with zero attached hydrogens (tertiary/aromatic N) is 4. The molecule has 3 N–H and O–H groups in total. The molecular formula is C39H40N6O5. The van der Waals surface area contributed by atoms with E-state index in [2.05, 4.69) is 11.9 Å². The van der Waals surface area contributed by atoms with Crippen molar-refractivity contribution in [3.63, 3.8) is 0 Å². The van der Waals surface area contributed by atoms with Gasteiger partial charge in [0.25, 0.3) is 0 Å². The first kappa shape index (κ1) is 33.9. The zero-order valence-electron chi connectivity index (χ0n) is 27.9. The number of hydrogen-bond donors (Lipinski definition) is 2. The van der Waals surface area contributed by atoms with Crippen LogP contribution in [0.25, 0.3) is 11.1 Å². The van der Waals surface area contributed by atoms with E-state index in [0.717, 1.165) is 27.8 Å². The lowest BCUT2D eigenvalue weighted by Gasteiger charge is -2.55. The van der Waals surface area contributed by atoms with Gasteiger partial charge >= 0.3 is 6.03 Å². The molecule has 0 aliphatic carbocycles. The van der Waals surface area contributed by atoms with Crippen molar-refractivity contribution in [1.82, 2.24) is 25.1 Å². The van der Waals surface area contributed by atoms with Crippen LogP contribution in [0.4, 0.5) is 4.79 Å². The number of urea groups is 1. The number of hydrogen-bond acceptors (Lipinski definition) is 6. The standard InChI is InChI=1S/C39H40N6O5/c1-3-19-43-26-36(46)44-34(21-27-15-17-33(50-2)18-16-27)38(48)42(25-35(44)45(43)39(49)41-23-28-9-5-4-6-10-28)24-29-11-7-12-30(20-29)31-13-8-14-32(22-31)37(40)47/h3-18,20,22,34-35H,1,19,21,23-26H2,2H3,(H2,40,47)(H,41,49)/t34-,35-/m0/s1. The molecule has 2 atom stereocenters. The van der Waals surface area contributed by atoms with Gasteiger partial charge in [0.15, 0.2) is 0 Å². The normalized spacial score (nSPS) is 17.7. The molecule has 2 aliphatic heterocycles. The molecule has 11 nitrogen and oxygen atoms in total. The molecule has 0 unspecified atom stereocenters. The maximum atomic E-state index is 14.4. The number of rotatable bonds is 11. The monoisotopic (exact) mass is 672 g/mol. The van der Waals surface area contributed by atoms with Gasteiger partial charge in [0.2, 0.25) is 17.7 Å². The number of ether oxygens (including phenoxy) is 1. The van der Waals surface area contributed by atoms with Crippen LogP contribution in [0.2, 0.25) is 0 Å². The van der Waals surface area contributed by atoms with Crippen molar-refractivity contribution in [1.29, 1.82) is 0 Å². The number of benzene rings is 4. The van der Waals surface area contributed by atoms with Crippen molar-refractivity contribution in [3.8, 4) is 16.9 Å². The van der Waals surface area contributed by atoms with Crippen LogP contribution in [-0.2, 0) is 29.1 Å². The summed E-state index contributed by atoms with van der Waals surface area (Å²) in [7, 11) is 1.59. The first-order valence-electron chi connectivity index (χ1n) is 16.4. The Balaban J connectivity index is 1.34. The molecule has 0 radical (unpaired) electrons. The Morgan fingerprint density at radius 3 is 2.30 bits per heavy atom. The molecule has 2 fully saturated rings. The summed E-state index contributed by atoms with van der Waals surface area (Å²) in [6, 6.07) is 30.6. The summed E-state index contributed by atoms with van der Waals surface area (Å²) in [5.74, 6) is -0.292. The van der Waals surface area contributed by atoms with E-state index in [1.54, 1.807) is 51.2 Å². The van der Waals surface area contributed by atoms with Gasteiger partial charge in [0.05, 0.1) is 20.2 Å². The first-order valence-corrected chi connectivity index (χ1v) is 16.4. The number of methoxy groups -OCH3 is 1. The summed E-state index contributed by atoms with van der Waals surface area (Å²) < 4.78 is 5.33. The number of nitrogens with one attached hydrogen (secondary N) is 1. The minimum Gasteiger partial charge on any atom is -0.497 e. The summed E-state index contributed by atoms with van der Waals surface area (Å²) in [4.78, 5) is 57.5. The van der Waals surface area contributed by atoms with Gasteiger partial charge in [-0.3, -0.25) is 14.4 Å². The van der Waals surface area contributed by atoms with Crippen LogP contribution in [0, 0.1) is 0 Å². The molecule has 0 aromatic heterocycles. The molecule has 256 valence electrons. The SMILES string of the molecule is C=CCN1CC(=O)N2[C@@H](Cc3ccc(OC)cc3)C(=O)N(Cc3cccc(-c4cccc(C(N)=O)c4)c3)C[C@@H]2N1C(=O)NCc1ccccc1. The van der Waals surface area contributed by atoms with E-state index >= 15 is 0 Å². The lowest BCUT2D eigenvalue weighted by Crippen LogP contribution is -2.76. The van der Waals surface area contributed by atoms with Crippen LogP contribution in [0.15, 0.2) is 116 Å². The number of nitrogens with two attached hydrogens (primary N) is 1. The van der Waals surface area contributed by atoms with Crippen LogP contribution in [-0.4, -0.2) is 82.5 Å². The Labute approximate surface area is 291 Å². The average molecular weight is 673 g/mol. The number of hydrazine groups is 1. The molecular weight excluding hydrogens is 632 g/mol. The van der Waals surface area contributed by atoms with Crippen LogP contribution >= 0.6 is 0 Å². The van der Waals surface area contributed by atoms with Crippen LogP contribution in [0.1, 0.15) is 27.0 Å². The first-order chi connectivity index (χ1) is 24.2. The second-order valence-corrected chi connectivity index (χ2v) is 12.3. The Morgan fingerprint density at radius 1 is 0.900 bits per heavy atom. The molecule has 5 amide bonds. The lowest BCUT2D eigenvalue weighted by molar-refractivity contribution is -0.189. The average Bonchev–Trinajstić information content (AvgIpc) is 3.13. The predicted molar refractivity (Wildman–Crippen MR) is 189 cm³/mol. The Hall–Kier alpha value is -5.94. The van der Waals surface area contributed by atoms with E-state index in [-0.39, 0.29) is 50.4 Å². The molecule has 2 aliphatic rings. The number of fused-ring (bicyclic) bond motifs is 1. The number of carbonyl (C=O) groups is 4. The Bertz CT molecular complexity index is 1880. The topological polar surface area (TPSA) is 129 Å². The van der Waals surface area contributed by atoms with Gasteiger partial charge in [-0.15, -0.1) is 6.58 Å². The van der Waals surface area contributed by atoms with Crippen molar-refractivity contribution < 1.29 is 23.9 Å². The maximum Gasteiger partial charge on any atom is 0.334 e. The van der Waals surface area contributed by atoms with E-state index in [4.69, 9.17) is 10.5 Å². The van der Waals surface area contributed by atoms with E-state index in [1.165, 1.54) is 0 Å². The summed E-state index contributed by atoms with van der Waals surface area (Å²) in [6.07, 6.45) is 1.13. The third-order valence-electron chi connectivity index (χ3n) is 9.03. The van der Waals surface area contributed by atoms with Gasteiger partial charge in [-0.25, -0.2) is 14.8 Å². The van der Waals surface area contributed by atoms with Gasteiger partial charge in [0, 0.05) is 31.6 Å². The van der Waals surface area contributed by atoms with Crippen molar-refractivity contribution in [2.75, 3.05) is 26.7 Å². The van der Waals surface area contributed by atoms with Gasteiger partial charge in [-0.05, 0) is 58.1 Å². The van der Waals surface area contributed by atoms with Crippen molar-refractivity contribution >= 4 is 23.8 Å².